The molecule has 1 aliphatic carbocycles. The van der Waals surface area contributed by atoms with E-state index >= 15 is 0 Å². The summed E-state index contributed by atoms with van der Waals surface area (Å²) in [5.41, 5.74) is -0.372. The number of anilines is 1. The highest BCUT2D eigenvalue weighted by molar-refractivity contribution is 7.59. The Morgan fingerprint density at radius 2 is 1.89 bits per heavy atom. The van der Waals surface area contributed by atoms with Gasteiger partial charge in [-0.05, 0) is 62.8 Å². The highest BCUT2D eigenvalue weighted by Crippen LogP contribution is 2.35. The number of pyridine rings is 1. The van der Waals surface area contributed by atoms with E-state index in [1.807, 2.05) is 6.92 Å². The quantitative estimate of drug-likeness (QED) is 0.534. The molecule has 2 fully saturated rings. The van der Waals surface area contributed by atoms with Gasteiger partial charge in [0, 0.05) is 41.1 Å². The number of amides is 2. The van der Waals surface area contributed by atoms with E-state index in [2.05, 4.69) is 15.6 Å². The lowest BCUT2D eigenvalue weighted by atomic mass is 9.90. The minimum absolute atomic E-state index is 0. The molecule has 0 radical (unpaired) electrons. The zero-order chi connectivity index (χ0) is 24.5. The molecular formula is C24H30ClF3N4O2S. The third-order valence-corrected chi connectivity index (χ3v) is 6.91. The number of nitrogens with zero attached hydrogens (tertiary/aromatic N) is 2. The summed E-state index contributed by atoms with van der Waals surface area (Å²) in [7, 11) is 0. The highest BCUT2D eigenvalue weighted by atomic mass is 35.5. The molecule has 2 aromatic rings. The van der Waals surface area contributed by atoms with Crippen molar-refractivity contribution in [1.82, 2.24) is 15.2 Å². The molecule has 2 N–H and O–H groups in total. The zero-order valence-corrected chi connectivity index (χ0v) is 21.2. The van der Waals surface area contributed by atoms with E-state index in [0.29, 0.717) is 61.2 Å². The molecule has 2 heterocycles. The second kappa shape index (κ2) is 11.2. The maximum Gasteiger partial charge on any atom is 0.433 e. The Morgan fingerprint density at radius 1 is 1.20 bits per heavy atom. The number of hydrogen-bond donors (Lipinski definition) is 2. The van der Waals surface area contributed by atoms with Gasteiger partial charge in [0.05, 0.1) is 5.52 Å². The Kier molecular flexibility index (Phi) is 8.80. The molecule has 1 aliphatic heterocycles. The van der Waals surface area contributed by atoms with Gasteiger partial charge in [0.25, 0.3) is 0 Å². The molecular weight excluding hydrogens is 501 g/mol. The van der Waals surface area contributed by atoms with Crippen LogP contribution < -0.4 is 10.6 Å². The fraction of sp³-hybridized carbons (Fsp3) is 0.542. The largest absolute Gasteiger partial charge is 0.433 e. The minimum Gasteiger partial charge on any atom is -0.382 e. The summed E-state index contributed by atoms with van der Waals surface area (Å²) < 4.78 is 40.1. The van der Waals surface area contributed by atoms with Gasteiger partial charge in [0.1, 0.15) is 11.7 Å². The van der Waals surface area contributed by atoms with E-state index in [0.717, 1.165) is 12.5 Å². The van der Waals surface area contributed by atoms with Crippen LogP contribution >= 0.6 is 25.1 Å². The summed E-state index contributed by atoms with van der Waals surface area (Å²) in [5.74, 6) is -0.100. The predicted octanol–water partition coefficient (Wildman–Crippen LogP) is 5.26. The summed E-state index contributed by atoms with van der Waals surface area (Å²) in [6.45, 7) is 2.52. The number of halogens is 4. The van der Waals surface area contributed by atoms with Crippen LogP contribution in [0.5, 0.6) is 0 Å². The molecule has 192 valence electrons. The lowest BCUT2D eigenvalue weighted by molar-refractivity contribution is -0.141. The molecule has 35 heavy (non-hydrogen) atoms. The van der Waals surface area contributed by atoms with Crippen LogP contribution in [0, 0.1) is 0 Å². The molecule has 0 unspecified atom stereocenters. The summed E-state index contributed by atoms with van der Waals surface area (Å²) in [6, 6.07) is 5.15. The fourth-order valence-corrected chi connectivity index (χ4v) is 5.08. The number of carbonyl (C=O) groups is 2. The number of fused-ring (bicyclic) bond motifs is 1. The molecule has 1 atom stereocenters. The van der Waals surface area contributed by atoms with Crippen LogP contribution in [0.15, 0.2) is 24.3 Å². The molecule has 0 bridgehead atoms. The van der Waals surface area contributed by atoms with E-state index in [4.69, 9.17) is 11.6 Å². The van der Waals surface area contributed by atoms with E-state index in [1.54, 1.807) is 11.0 Å². The molecule has 6 nitrogen and oxygen atoms in total. The molecule has 0 spiro atoms. The summed E-state index contributed by atoms with van der Waals surface area (Å²) in [4.78, 5) is 30.3. The van der Waals surface area contributed by atoms with Crippen LogP contribution in [-0.2, 0) is 15.8 Å². The Balaban J connectivity index is 0.00000342. The van der Waals surface area contributed by atoms with Crippen LogP contribution in [0.4, 0.5) is 18.9 Å². The predicted molar refractivity (Wildman–Crippen MR) is 135 cm³/mol. The number of carbonyl (C=O) groups excluding carboxylic acids is 2. The van der Waals surface area contributed by atoms with Crippen LogP contribution in [-0.4, -0.2) is 46.4 Å². The second-order valence-electron chi connectivity index (χ2n) is 9.03. The number of benzene rings is 1. The first-order chi connectivity index (χ1) is 16.2. The van der Waals surface area contributed by atoms with Crippen LogP contribution in [0.2, 0.25) is 5.02 Å². The van der Waals surface area contributed by atoms with Gasteiger partial charge in [0.2, 0.25) is 11.8 Å². The number of alkyl halides is 3. The van der Waals surface area contributed by atoms with Crippen molar-refractivity contribution in [3.05, 3.63) is 35.0 Å². The first-order valence-corrected chi connectivity index (χ1v) is 12.1. The van der Waals surface area contributed by atoms with Gasteiger partial charge in [0.15, 0.2) is 0 Å². The van der Waals surface area contributed by atoms with Crippen molar-refractivity contribution < 1.29 is 22.8 Å². The Bertz CT molecular complexity index is 1080. The molecule has 2 amide bonds. The highest BCUT2D eigenvalue weighted by Gasteiger charge is 2.35. The Morgan fingerprint density at radius 3 is 2.49 bits per heavy atom. The SMILES string of the molecule is CC[C@@H](C(=O)NC1CCC(Nc2cc(C(F)(F)F)nc3ccc(Cl)cc23)CC1)N1CCCC1=O.S. The summed E-state index contributed by atoms with van der Waals surface area (Å²) in [6.07, 6.45) is 0.0574. The molecule has 2 aliphatic rings. The van der Waals surface area contributed by atoms with Crippen molar-refractivity contribution >= 4 is 53.5 Å². The fourth-order valence-electron chi connectivity index (χ4n) is 4.91. The van der Waals surface area contributed by atoms with E-state index in [1.165, 1.54) is 12.1 Å². The normalized spacial score (nSPS) is 21.5. The number of likely N-dealkylation sites (tertiary alicyclic amines) is 1. The number of nitrogens with one attached hydrogen (secondary N) is 2. The van der Waals surface area contributed by atoms with Crippen LogP contribution in [0.1, 0.15) is 57.6 Å². The zero-order valence-electron chi connectivity index (χ0n) is 19.4. The smallest absolute Gasteiger partial charge is 0.382 e. The third-order valence-electron chi connectivity index (χ3n) is 6.67. The Labute approximate surface area is 214 Å². The second-order valence-corrected chi connectivity index (χ2v) is 9.47. The summed E-state index contributed by atoms with van der Waals surface area (Å²) >= 11 is 6.08. The van der Waals surface area contributed by atoms with E-state index < -0.39 is 17.9 Å². The van der Waals surface area contributed by atoms with Crippen molar-refractivity contribution in [2.75, 3.05) is 11.9 Å². The van der Waals surface area contributed by atoms with Gasteiger partial charge in [-0.3, -0.25) is 9.59 Å². The van der Waals surface area contributed by atoms with Crippen molar-refractivity contribution in [3.8, 4) is 0 Å². The van der Waals surface area contributed by atoms with Crippen molar-refractivity contribution in [2.24, 2.45) is 0 Å². The van der Waals surface area contributed by atoms with Crippen molar-refractivity contribution in [3.63, 3.8) is 0 Å². The number of aromatic nitrogens is 1. The maximum absolute atomic E-state index is 13.4. The lowest BCUT2D eigenvalue weighted by Crippen LogP contribution is -2.51. The summed E-state index contributed by atoms with van der Waals surface area (Å²) in [5, 5.41) is 7.30. The van der Waals surface area contributed by atoms with Crippen molar-refractivity contribution in [1.29, 1.82) is 0 Å². The average Bonchev–Trinajstić information content (AvgIpc) is 3.20. The van der Waals surface area contributed by atoms with Gasteiger partial charge < -0.3 is 15.5 Å². The molecule has 1 saturated carbocycles. The van der Waals surface area contributed by atoms with E-state index in [-0.39, 0.29) is 42.9 Å². The van der Waals surface area contributed by atoms with Gasteiger partial charge >= 0.3 is 6.18 Å². The molecule has 1 aromatic heterocycles. The van der Waals surface area contributed by atoms with E-state index in [9.17, 15) is 22.8 Å². The molecule has 11 heteroatoms. The molecule has 1 saturated heterocycles. The first kappa shape index (κ1) is 27.4. The van der Waals surface area contributed by atoms with Gasteiger partial charge in [-0.1, -0.05) is 18.5 Å². The average molecular weight is 531 g/mol. The van der Waals surface area contributed by atoms with Gasteiger partial charge in [-0.2, -0.15) is 26.7 Å². The number of hydrogen-bond acceptors (Lipinski definition) is 4. The third kappa shape index (κ3) is 6.33. The lowest BCUT2D eigenvalue weighted by Gasteiger charge is -2.33. The first-order valence-electron chi connectivity index (χ1n) is 11.7. The Hall–Kier alpha value is -2.20. The van der Waals surface area contributed by atoms with Crippen LogP contribution in [0.3, 0.4) is 0 Å². The standard InChI is InChI=1S/C24H28ClF3N4O2.H2S/c1-2-20(32-11-3-4-22(32)33)23(34)30-16-8-6-15(7-9-16)29-19-13-21(24(26,27)28)31-18-10-5-14(25)12-17(18)19;/h5,10,12-13,15-16,20H,2-4,6-9,11H2,1H3,(H,29,31)(H,30,34);1H2/t15?,16?,20-;/m0./s1. The monoisotopic (exact) mass is 530 g/mol. The topological polar surface area (TPSA) is 74.3 Å². The van der Waals surface area contributed by atoms with Crippen molar-refractivity contribution in [2.45, 2.75) is 76.2 Å². The molecule has 1 aromatic carbocycles. The van der Waals surface area contributed by atoms with Crippen LogP contribution in [0.25, 0.3) is 10.9 Å². The maximum atomic E-state index is 13.4. The number of rotatable bonds is 6. The molecule has 4 rings (SSSR count). The van der Waals surface area contributed by atoms with Gasteiger partial charge in [-0.15, -0.1) is 0 Å². The minimum atomic E-state index is -4.56. The van der Waals surface area contributed by atoms with Gasteiger partial charge in [-0.25, -0.2) is 4.98 Å².